The number of carboxylic acid groups (broad SMARTS) is 1. The van der Waals surface area contributed by atoms with E-state index in [1.54, 1.807) is 0 Å². The van der Waals surface area contributed by atoms with E-state index in [-0.39, 0.29) is 10.7 Å². The van der Waals surface area contributed by atoms with Crippen LogP contribution in [-0.2, 0) is 4.79 Å². The van der Waals surface area contributed by atoms with Gasteiger partial charge in [-0.25, -0.2) is 4.79 Å². The summed E-state index contributed by atoms with van der Waals surface area (Å²) in [5, 5.41) is 8.53. The van der Waals surface area contributed by atoms with E-state index in [1.165, 1.54) is 18.2 Å². The van der Waals surface area contributed by atoms with Crippen LogP contribution in [-0.4, -0.2) is 17.4 Å². The van der Waals surface area contributed by atoms with E-state index < -0.39 is 12.3 Å². The normalized spacial score (nSPS) is 12.4. The van der Waals surface area contributed by atoms with Gasteiger partial charge in [-0.3, -0.25) is 0 Å². The molecule has 0 unspecified atom stereocenters. The first-order valence-corrected chi connectivity index (χ1v) is 4.72. The highest BCUT2D eigenvalue weighted by atomic mass is 32.1. The van der Waals surface area contributed by atoms with Crippen molar-refractivity contribution in [3.63, 3.8) is 0 Å². The van der Waals surface area contributed by atoms with Crippen molar-refractivity contribution < 1.29 is 27.8 Å². The Morgan fingerprint density at radius 2 is 1.82 bits per heavy atom. The highest BCUT2D eigenvalue weighted by molar-refractivity contribution is 7.85. The number of ether oxygens (including phenoxy) is 1. The zero-order valence-corrected chi connectivity index (χ0v) is 9.13. The minimum absolute atomic E-state index is 0.213. The van der Waals surface area contributed by atoms with E-state index in [4.69, 9.17) is 5.11 Å². The Kier molecular flexibility index (Phi) is 4.06. The summed E-state index contributed by atoms with van der Waals surface area (Å²) in [6, 6.07) is 4.75. The number of benzene rings is 1. The molecule has 1 aromatic carbocycles. The van der Waals surface area contributed by atoms with Gasteiger partial charge >= 0.3 is 12.3 Å². The van der Waals surface area contributed by atoms with Crippen LogP contribution in [0, 0.1) is 0 Å². The second-order valence-corrected chi connectivity index (χ2v) is 3.43. The summed E-state index contributed by atoms with van der Waals surface area (Å²) in [6.45, 7) is 0. The molecule has 0 atom stereocenters. The summed E-state index contributed by atoms with van der Waals surface area (Å²) < 4.78 is 39.2. The zero-order chi connectivity index (χ0) is 13.1. The Morgan fingerprint density at radius 1 is 1.29 bits per heavy atom. The summed E-state index contributed by atoms with van der Waals surface area (Å²) in [6.07, 6.45) is -3.53. The third-order valence-electron chi connectivity index (χ3n) is 1.64. The molecule has 7 heteroatoms. The van der Waals surface area contributed by atoms with E-state index in [9.17, 15) is 18.0 Å². The highest BCUT2D eigenvalue weighted by Gasteiger charge is 2.30. The van der Waals surface area contributed by atoms with Crippen LogP contribution < -0.4 is 4.74 Å². The molecule has 0 aliphatic rings. The van der Waals surface area contributed by atoms with Crippen molar-refractivity contribution >= 4 is 24.7 Å². The Hall–Kier alpha value is -1.63. The fourth-order valence-electron chi connectivity index (χ4n) is 0.985. The SMILES string of the molecule is O=C(O)/C(S)=C/c1ccc(OC(F)(F)F)cc1. The molecule has 0 spiro atoms. The van der Waals surface area contributed by atoms with Gasteiger partial charge in [0, 0.05) is 0 Å². The van der Waals surface area contributed by atoms with Gasteiger partial charge in [0.1, 0.15) is 5.75 Å². The van der Waals surface area contributed by atoms with Crippen LogP contribution >= 0.6 is 12.6 Å². The Balaban J connectivity index is 2.82. The highest BCUT2D eigenvalue weighted by Crippen LogP contribution is 2.23. The summed E-state index contributed by atoms with van der Waals surface area (Å²) in [7, 11) is 0. The number of thiol groups is 1. The van der Waals surface area contributed by atoms with Gasteiger partial charge in [-0.2, -0.15) is 0 Å². The molecule has 1 aromatic rings. The van der Waals surface area contributed by atoms with Crippen LogP contribution in [0.3, 0.4) is 0 Å². The maximum absolute atomic E-state index is 11.8. The molecule has 0 saturated heterocycles. The standard InChI is InChI=1S/C10H7F3O3S/c11-10(12,13)16-7-3-1-6(2-4-7)5-8(17)9(14)15/h1-5,17H,(H,14,15)/b8-5-. The molecular weight excluding hydrogens is 257 g/mol. The van der Waals surface area contributed by atoms with Gasteiger partial charge < -0.3 is 9.84 Å². The number of rotatable bonds is 3. The van der Waals surface area contributed by atoms with Crippen molar-refractivity contribution in [2.45, 2.75) is 6.36 Å². The predicted molar refractivity (Wildman–Crippen MR) is 57.7 cm³/mol. The Labute approximate surface area is 99.9 Å². The van der Waals surface area contributed by atoms with E-state index >= 15 is 0 Å². The fourth-order valence-corrected chi connectivity index (χ4v) is 1.13. The number of hydrogen-bond donors (Lipinski definition) is 2. The average molecular weight is 264 g/mol. The average Bonchev–Trinajstić information content (AvgIpc) is 2.18. The van der Waals surface area contributed by atoms with E-state index in [2.05, 4.69) is 17.4 Å². The van der Waals surface area contributed by atoms with Gasteiger partial charge in [0.25, 0.3) is 0 Å². The molecule has 1 N–H and O–H groups in total. The van der Waals surface area contributed by atoms with Crippen LogP contribution in [0.4, 0.5) is 13.2 Å². The topological polar surface area (TPSA) is 46.5 Å². The maximum atomic E-state index is 11.8. The molecule has 0 bridgehead atoms. The van der Waals surface area contributed by atoms with Crippen molar-refractivity contribution in [2.75, 3.05) is 0 Å². The lowest BCUT2D eigenvalue weighted by Gasteiger charge is -2.08. The molecule has 3 nitrogen and oxygen atoms in total. The first kappa shape index (κ1) is 13.4. The molecule has 0 amide bonds. The lowest BCUT2D eigenvalue weighted by Crippen LogP contribution is -2.16. The van der Waals surface area contributed by atoms with E-state index in [0.717, 1.165) is 12.1 Å². The molecule has 0 fully saturated rings. The predicted octanol–water partition coefficient (Wildman–Crippen LogP) is 2.94. The minimum atomic E-state index is -4.74. The van der Waals surface area contributed by atoms with Crippen molar-refractivity contribution in [3.8, 4) is 5.75 Å². The lowest BCUT2D eigenvalue weighted by molar-refractivity contribution is -0.274. The molecule has 0 radical (unpaired) electrons. The summed E-state index contributed by atoms with van der Waals surface area (Å²) in [4.78, 5) is 10.2. The van der Waals surface area contributed by atoms with Gasteiger partial charge in [0.2, 0.25) is 0 Å². The quantitative estimate of drug-likeness (QED) is 0.651. The molecule has 92 valence electrons. The van der Waals surface area contributed by atoms with Crippen molar-refractivity contribution in [1.82, 2.24) is 0 Å². The first-order chi connectivity index (χ1) is 7.78. The van der Waals surface area contributed by atoms with Crippen molar-refractivity contribution in [2.24, 2.45) is 0 Å². The molecule has 0 aliphatic carbocycles. The first-order valence-electron chi connectivity index (χ1n) is 4.28. The maximum Gasteiger partial charge on any atom is 0.573 e. The fraction of sp³-hybridized carbons (Fsp3) is 0.100. The lowest BCUT2D eigenvalue weighted by atomic mass is 10.2. The van der Waals surface area contributed by atoms with E-state index in [0.29, 0.717) is 5.56 Å². The second-order valence-electron chi connectivity index (χ2n) is 2.95. The van der Waals surface area contributed by atoms with Crippen LogP contribution in [0.5, 0.6) is 5.75 Å². The number of hydrogen-bond acceptors (Lipinski definition) is 3. The third kappa shape index (κ3) is 4.81. The number of carbonyl (C=O) groups is 1. The molecule has 1 rings (SSSR count). The monoisotopic (exact) mass is 264 g/mol. The number of alkyl halides is 3. The molecular formula is C10H7F3O3S. The van der Waals surface area contributed by atoms with Crippen LogP contribution in [0.2, 0.25) is 0 Å². The van der Waals surface area contributed by atoms with Gasteiger partial charge in [0.15, 0.2) is 0 Å². The van der Waals surface area contributed by atoms with Gasteiger partial charge in [0.05, 0.1) is 4.91 Å². The van der Waals surface area contributed by atoms with E-state index in [1.807, 2.05) is 0 Å². The van der Waals surface area contributed by atoms with Crippen LogP contribution in [0.1, 0.15) is 5.56 Å². The number of aliphatic carboxylic acids is 1. The van der Waals surface area contributed by atoms with Crippen molar-refractivity contribution in [3.05, 3.63) is 34.7 Å². The second kappa shape index (κ2) is 5.13. The Morgan fingerprint density at radius 3 is 2.24 bits per heavy atom. The number of carboxylic acids is 1. The molecule has 17 heavy (non-hydrogen) atoms. The van der Waals surface area contributed by atoms with Gasteiger partial charge in [-0.1, -0.05) is 12.1 Å². The van der Waals surface area contributed by atoms with Crippen LogP contribution in [0.25, 0.3) is 6.08 Å². The van der Waals surface area contributed by atoms with Crippen LogP contribution in [0.15, 0.2) is 29.2 Å². The summed E-state index contributed by atoms with van der Waals surface area (Å²) in [5.41, 5.74) is 0.409. The van der Waals surface area contributed by atoms with Gasteiger partial charge in [-0.15, -0.1) is 25.8 Å². The summed E-state index contributed by atoms with van der Waals surface area (Å²) >= 11 is 3.68. The van der Waals surface area contributed by atoms with Gasteiger partial charge in [-0.05, 0) is 23.8 Å². The molecule has 0 heterocycles. The smallest absolute Gasteiger partial charge is 0.477 e. The minimum Gasteiger partial charge on any atom is -0.477 e. The largest absolute Gasteiger partial charge is 0.573 e. The zero-order valence-electron chi connectivity index (χ0n) is 8.23. The molecule has 0 saturated carbocycles. The molecule has 0 aromatic heterocycles. The summed E-state index contributed by atoms with van der Waals surface area (Å²) in [5.74, 6) is -1.59. The molecule has 0 aliphatic heterocycles. The third-order valence-corrected chi connectivity index (χ3v) is 1.96. The number of halogens is 3. The Bertz CT molecular complexity index is 437. The van der Waals surface area contributed by atoms with Crippen molar-refractivity contribution in [1.29, 1.82) is 0 Å².